The number of piperazine rings is 1. The van der Waals surface area contributed by atoms with Crippen LogP contribution in [0.4, 0.5) is 4.39 Å². The van der Waals surface area contributed by atoms with Crippen molar-refractivity contribution in [3.05, 3.63) is 29.6 Å². The highest BCUT2D eigenvalue weighted by atomic mass is 32.2. The van der Waals surface area contributed by atoms with Gasteiger partial charge in [-0.05, 0) is 36.0 Å². The second kappa shape index (κ2) is 8.43. The molecule has 0 bridgehead atoms. The summed E-state index contributed by atoms with van der Waals surface area (Å²) in [5.41, 5.74) is 0.864. The number of nitrogens with zero attached hydrogens (tertiary/aromatic N) is 3. The van der Waals surface area contributed by atoms with Gasteiger partial charge in [0.25, 0.3) is 10.2 Å². The molecule has 27 heavy (non-hydrogen) atoms. The first kappa shape index (κ1) is 20.5. The Bertz CT molecular complexity index is 741. The molecule has 0 amide bonds. The maximum atomic E-state index is 13.9. The molecule has 0 unspecified atom stereocenters. The Balaban J connectivity index is 1.57. The number of methoxy groups -OCH3 is 1. The maximum absolute atomic E-state index is 13.9. The van der Waals surface area contributed by atoms with Crippen molar-refractivity contribution in [1.29, 1.82) is 0 Å². The normalized spacial score (nSPS) is 26.2. The number of halogens is 1. The van der Waals surface area contributed by atoms with E-state index in [0.717, 1.165) is 12.0 Å². The Hall–Kier alpha value is -1.22. The molecule has 2 saturated heterocycles. The van der Waals surface area contributed by atoms with Crippen molar-refractivity contribution in [3.63, 3.8) is 0 Å². The predicted molar refractivity (Wildman–Crippen MR) is 103 cm³/mol. The van der Waals surface area contributed by atoms with Crippen LogP contribution in [-0.4, -0.2) is 68.3 Å². The molecule has 0 aromatic heterocycles. The van der Waals surface area contributed by atoms with Gasteiger partial charge in [0.05, 0.1) is 7.11 Å². The fraction of sp³-hybridized carbons (Fsp3) is 0.684. The lowest BCUT2D eigenvalue weighted by Gasteiger charge is -2.40. The van der Waals surface area contributed by atoms with E-state index in [-0.39, 0.29) is 11.6 Å². The topological polar surface area (TPSA) is 53.1 Å². The van der Waals surface area contributed by atoms with E-state index in [1.54, 1.807) is 14.7 Å². The Morgan fingerprint density at radius 3 is 2.26 bits per heavy atom. The van der Waals surface area contributed by atoms with Crippen molar-refractivity contribution in [1.82, 2.24) is 13.5 Å². The zero-order valence-electron chi connectivity index (χ0n) is 16.4. The van der Waals surface area contributed by atoms with Crippen molar-refractivity contribution in [3.8, 4) is 5.75 Å². The zero-order chi connectivity index (χ0) is 19.6. The van der Waals surface area contributed by atoms with Crippen LogP contribution in [0.1, 0.15) is 25.8 Å². The first-order chi connectivity index (χ1) is 12.8. The van der Waals surface area contributed by atoms with Crippen LogP contribution in [0.25, 0.3) is 0 Å². The molecular weight excluding hydrogens is 369 g/mol. The van der Waals surface area contributed by atoms with Gasteiger partial charge in [0.15, 0.2) is 11.6 Å². The molecule has 2 aliphatic rings. The van der Waals surface area contributed by atoms with Crippen molar-refractivity contribution in [2.45, 2.75) is 26.8 Å². The summed E-state index contributed by atoms with van der Waals surface area (Å²) in [6.45, 7) is 8.29. The number of piperidine rings is 1. The summed E-state index contributed by atoms with van der Waals surface area (Å²) >= 11 is 0. The van der Waals surface area contributed by atoms with E-state index < -0.39 is 10.2 Å². The molecule has 0 aliphatic carbocycles. The van der Waals surface area contributed by atoms with E-state index >= 15 is 0 Å². The van der Waals surface area contributed by atoms with Gasteiger partial charge in [0, 0.05) is 45.8 Å². The molecule has 2 fully saturated rings. The number of rotatable bonds is 5. The van der Waals surface area contributed by atoms with Crippen LogP contribution in [-0.2, 0) is 16.8 Å². The van der Waals surface area contributed by atoms with Crippen molar-refractivity contribution in [2.75, 3.05) is 46.4 Å². The molecule has 0 spiro atoms. The van der Waals surface area contributed by atoms with Crippen LogP contribution < -0.4 is 4.74 Å². The largest absolute Gasteiger partial charge is 0.494 e. The first-order valence-electron chi connectivity index (χ1n) is 9.59. The standard InChI is InChI=1S/C19H30FN3O3S/c1-15-10-16(2)13-23(12-15)27(24,25)22-8-6-21(7-9-22)14-17-4-5-19(26-3)18(20)11-17/h4-5,11,15-16H,6-10,12-14H2,1-3H3/t15-,16-/m1/s1. The van der Waals surface area contributed by atoms with E-state index in [9.17, 15) is 12.8 Å². The Morgan fingerprint density at radius 1 is 1.07 bits per heavy atom. The van der Waals surface area contributed by atoms with E-state index in [2.05, 4.69) is 18.7 Å². The van der Waals surface area contributed by atoms with Gasteiger partial charge >= 0.3 is 0 Å². The molecule has 0 radical (unpaired) electrons. The van der Waals surface area contributed by atoms with Crippen molar-refractivity contribution < 1.29 is 17.5 Å². The first-order valence-corrected chi connectivity index (χ1v) is 11.0. The van der Waals surface area contributed by atoms with Crippen LogP contribution in [0.5, 0.6) is 5.75 Å². The average molecular weight is 400 g/mol. The monoisotopic (exact) mass is 399 g/mol. The number of hydrogen-bond acceptors (Lipinski definition) is 4. The molecule has 152 valence electrons. The highest BCUT2D eigenvalue weighted by Crippen LogP contribution is 2.25. The molecule has 1 aromatic rings. The van der Waals surface area contributed by atoms with E-state index in [4.69, 9.17) is 4.74 Å². The Kier molecular flexibility index (Phi) is 6.40. The molecule has 2 heterocycles. The minimum atomic E-state index is -3.40. The molecule has 0 N–H and O–H groups in total. The second-order valence-electron chi connectivity index (χ2n) is 7.91. The molecule has 6 nitrogen and oxygen atoms in total. The van der Waals surface area contributed by atoms with Crippen LogP contribution in [0.15, 0.2) is 18.2 Å². The molecule has 2 atom stereocenters. The summed E-state index contributed by atoms with van der Waals surface area (Å²) in [4.78, 5) is 2.16. The van der Waals surface area contributed by atoms with Gasteiger partial charge in [-0.1, -0.05) is 19.9 Å². The van der Waals surface area contributed by atoms with Crippen LogP contribution in [0.2, 0.25) is 0 Å². The summed E-state index contributed by atoms with van der Waals surface area (Å²) in [6.07, 6.45) is 1.08. The van der Waals surface area contributed by atoms with Gasteiger partial charge in [0.2, 0.25) is 0 Å². The third-order valence-electron chi connectivity index (χ3n) is 5.44. The minimum Gasteiger partial charge on any atom is -0.494 e. The smallest absolute Gasteiger partial charge is 0.282 e. The maximum Gasteiger partial charge on any atom is 0.282 e. The highest BCUT2D eigenvalue weighted by Gasteiger charge is 2.36. The fourth-order valence-electron chi connectivity index (χ4n) is 4.14. The third kappa shape index (κ3) is 4.80. The molecule has 2 aliphatic heterocycles. The molecule has 8 heteroatoms. The van der Waals surface area contributed by atoms with Gasteiger partial charge < -0.3 is 4.74 Å². The predicted octanol–water partition coefficient (Wildman–Crippen LogP) is 2.17. The average Bonchev–Trinajstić information content (AvgIpc) is 2.61. The lowest BCUT2D eigenvalue weighted by Crippen LogP contribution is -2.55. The molecule has 3 rings (SSSR count). The highest BCUT2D eigenvalue weighted by molar-refractivity contribution is 7.86. The van der Waals surface area contributed by atoms with Gasteiger partial charge in [-0.15, -0.1) is 0 Å². The van der Waals surface area contributed by atoms with Gasteiger partial charge in [0.1, 0.15) is 0 Å². The van der Waals surface area contributed by atoms with Crippen LogP contribution >= 0.6 is 0 Å². The lowest BCUT2D eigenvalue weighted by molar-refractivity contribution is 0.162. The van der Waals surface area contributed by atoms with E-state index in [0.29, 0.717) is 57.6 Å². The van der Waals surface area contributed by atoms with Crippen molar-refractivity contribution in [2.24, 2.45) is 11.8 Å². The summed E-state index contributed by atoms with van der Waals surface area (Å²) < 4.78 is 48.0. The van der Waals surface area contributed by atoms with E-state index in [1.807, 2.05) is 6.07 Å². The zero-order valence-corrected chi connectivity index (χ0v) is 17.2. The Morgan fingerprint density at radius 2 is 1.70 bits per heavy atom. The second-order valence-corrected chi connectivity index (χ2v) is 9.84. The van der Waals surface area contributed by atoms with E-state index in [1.165, 1.54) is 13.2 Å². The summed E-state index contributed by atoms with van der Waals surface area (Å²) in [5.74, 6) is 0.661. The van der Waals surface area contributed by atoms with Crippen LogP contribution in [0.3, 0.4) is 0 Å². The summed E-state index contributed by atoms with van der Waals surface area (Å²) in [7, 11) is -1.95. The molecular formula is C19H30FN3O3S. The van der Waals surface area contributed by atoms with Crippen molar-refractivity contribution >= 4 is 10.2 Å². The third-order valence-corrected chi connectivity index (χ3v) is 7.41. The SMILES string of the molecule is COc1ccc(CN2CCN(S(=O)(=O)N3C[C@H](C)C[C@@H](C)C3)CC2)cc1F. The number of benzene rings is 1. The molecule has 1 aromatic carbocycles. The molecule has 0 saturated carbocycles. The minimum absolute atomic E-state index is 0.236. The Labute approximate surface area is 162 Å². The van der Waals surface area contributed by atoms with Gasteiger partial charge in [-0.2, -0.15) is 17.0 Å². The number of hydrogen-bond donors (Lipinski definition) is 0. The number of ether oxygens (including phenoxy) is 1. The van der Waals surface area contributed by atoms with Gasteiger partial charge in [-0.25, -0.2) is 4.39 Å². The fourth-order valence-corrected chi connectivity index (χ4v) is 5.98. The summed E-state index contributed by atoms with van der Waals surface area (Å²) in [6, 6.07) is 4.96. The lowest BCUT2D eigenvalue weighted by atomic mass is 9.94. The van der Waals surface area contributed by atoms with Gasteiger partial charge in [-0.3, -0.25) is 4.90 Å². The van der Waals surface area contributed by atoms with Crippen LogP contribution in [0, 0.1) is 17.7 Å². The summed E-state index contributed by atoms with van der Waals surface area (Å²) in [5, 5.41) is 0. The quantitative estimate of drug-likeness (QED) is 0.762.